The molecule has 0 radical (unpaired) electrons. The fourth-order valence-electron chi connectivity index (χ4n) is 2.45. The largest absolute Gasteiger partial charge is 0.496 e. The van der Waals surface area contributed by atoms with Crippen LogP contribution in [0.4, 0.5) is 5.69 Å². The van der Waals surface area contributed by atoms with E-state index in [0.717, 1.165) is 5.56 Å². The van der Waals surface area contributed by atoms with E-state index < -0.39 is 17.2 Å². The Labute approximate surface area is 158 Å². The number of rotatable bonds is 7. The predicted molar refractivity (Wildman–Crippen MR) is 104 cm³/mol. The van der Waals surface area contributed by atoms with E-state index in [9.17, 15) is 14.4 Å². The lowest BCUT2D eigenvalue weighted by atomic mass is 9.90. The maximum atomic E-state index is 12.6. The number of hydrogen-bond donors (Lipinski definition) is 2. The van der Waals surface area contributed by atoms with Crippen molar-refractivity contribution in [1.29, 1.82) is 0 Å². The normalized spacial score (nSPS) is 10.8. The lowest BCUT2D eigenvalue weighted by Crippen LogP contribution is -2.44. The van der Waals surface area contributed by atoms with E-state index in [0.29, 0.717) is 17.0 Å². The van der Waals surface area contributed by atoms with Crippen molar-refractivity contribution in [3.8, 4) is 5.75 Å². The number of para-hydroxylation sites is 1. The second-order valence-electron chi connectivity index (χ2n) is 6.71. The third-order valence-electron chi connectivity index (χ3n) is 4.29. The van der Waals surface area contributed by atoms with Gasteiger partial charge in [-0.1, -0.05) is 30.3 Å². The number of benzene rings is 2. The minimum absolute atomic E-state index is 0.0973. The zero-order chi connectivity index (χ0) is 20.0. The third kappa shape index (κ3) is 4.94. The molecule has 27 heavy (non-hydrogen) atoms. The minimum Gasteiger partial charge on any atom is -0.496 e. The van der Waals surface area contributed by atoms with Crippen LogP contribution in [0.25, 0.3) is 0 Å². The van der Waals surface area contributed by atoms with Gasteiger partial charge in [-0.25, -0.2) is 0 Å². The molecule has 0 saturated heterocycles. The topological polar surface area (TPSA) is 84.5 Å². The summed E-state index contributed by atoms with van der Waals surface area (Å²) in [6.45, 7) is 4.80. The highest BCUT2D eigenvalue weighted by molar-refractivity contribution is 6.10. The van der Waals surface area contributed by atoms with Crippen LogP contribution < -0.4 is 15.4 Å². The van der Waals surface area contributed by atoms with Crippen LogP contribution in [0.2, 0.25) is 0 Å². The van der Waals surface area contributed by atoms with E-state index >= 15 is 0 Å². The molecule has 0 heterocycles. The number of amides is 2. The molecule has 0 unspecified atom stereocenters. The molecule has 0 bridgehead atoms. The van der Waals surface area contributed by atoms with Gasteiger partial charge in [0, 0.05) is 23.4 Å². The van der Waals surface area contributed by atoms with E-state index in [4.69, 9.17) is 4.74 Å². The van der Waals surface area contributed by atoms with Crippen LogP contribution in [0.15, 0.2) is 48.5 Å². The van der Waals surface area contributed by atoms with Gasteiger partial charge in [-0.05, 0) is 39.0 Å². The lowest BCUT2D eigenvalue weighted by molar-refractivity contribution is -0.138. The molecule has 0 aliphatic heterocycles. The Bertz CT molecular complexity index is 859. The number of ether oxygens (including phenoxy) is 1. The van der Waals surface area contributed by atoms with E-state index in [2.05, 4.69) is 10.6 Å². The summed E-state index contributed by atoms with van der Waals surface area (Å²) >= 11 is 0. The Hall–Kier alpha value is -3.15. The maximum Gasteiger partial charge on any atom is 0.239 e. The summed E-state index contributed by atoms with van der Waals surface area (Å²) in [6.07, 6.45) is 0. The summed E-state index contributed by atoms with van der Waals surface area (Å²) in [6, 6.07) is 14.0. The number of ketones is 1. The fraction of sp³-hybridized carbons (Fsp3) is 0.286. The summed E-state index contributed by atoms with van der Waals surface area (Å²) in [5.41, 5.74) is 0.483. The van der Waals surface area contributed by atoms with Gasteiger partial charge in [-0.3, -0.25) is 14.4 Å². The van der Waals surface area contributed by atoms with Crippen LogP contribution in [0, 0.1) is 5.41 Å². The van der Waals surface area contributed by atoms with Crippen molar-refractivity contribution in [3.63, 3.8) is 0 Å². The number of methoxy groups -OCH3 is 1. The van der Waals surface area contributed by atoms with Gasteiger partial charge in [0.2, 0.25) is 11.8 Å². The number of hydrogen-bond acceptors (Lipinski definition) is 4. The van der Waals surface area contributed by atoms with Crippen molar-refractivity contribution < 1.29 is 19.1 Å². The zero-order valence-electron chi connectivity index (χ0n) is 16.0. The molecule has 6 nitrogen and oxygen atoms in total. The highest BCUT2D eigenvalue weighted by Crippen LogP contribution is 2.21. The quantitative estimate of drug-likeness (QED) is 0.581. The minimum atomic E-state index is -1.30. The number of carbonyl (C=O) groups excluding carboxylic acids is 3. The first-order valence-corrected chi connectivity index (χ1v) is 8.58. The molecule has 6 heteroatoms. The Kier molecular flexibility index (Phi) is 6.34. The van der Waals surface area contributed by atoms with E-state index in [1.807, 2.05) is 18.2 Å². The highest BCUT2D eigenvalue weighted by Gasteiger charge is 2.36. The van der Waals surface area contributed by atoms with Gasteiger partial charge < -0.3 is 15.4 Å². The smallest absolute Gasteiger partial charge is 0.239 e. The van der Waals surface area contributed by atoms with Crippen LogP contribution in [0.3, 0.4) is 0 Å². The molecule has 0 aliphatic rings. The van der Waals surface area contributed by atoms with Crippen molar-refractivity contribution in [2.45, 2.75) is 27.3 Å². The lowest BCUT2D eigenvalue weighted by Gasteiger charge is -2.23. The Morgan fingerprint density at radius 1 is 1.00 bits per heavy atom. The molecule has 2 amide bonds. The first kappa shape index (κ1) is 20.2. The molecule has 0 atom stereocenters. The standard InChI is InChI=1S/C21H24N2O4/c1-14(24)15-9-7-10-17(12-15)23-20(26)21(2,3)19(25)22-13-16-8-5-6-11-18(16)27-4/h5-12H,13H2,1-4H3,(H,22,25)(H,23,26). The monoisotopic (exact) mass is 368 g/mol. The van der Waals surface area contributed by atoms with Gasteiger partial charge in [0.15, 0.2) is 5.78 Å². The van der Waals surface area contributed by atoms with Gasteiger partial charge in [-0.2, -0.15) is 0 Å². The zero-order valence-corrected chi connectivity index (χ0v) is 16.0. The molecule has 0 spiro atoms. The molecule has 142 valence electrons. The van der Waals surface area contributed by atoms with E-state index in [1.54, 1.807) is 51.3 Å². The number of nitrogens with one attached hydrogen (secondary N) is 2. The first-order valence-electron chi connectivity index (χ1n) is 8.58. The molecule has 2 aromatic carbocycles. The highest BCUT2D eigenvalue weighted by atomic mass is 16.5. The van der Waals surface area contributed by atoms with E-state index in [1.165, 1.54) is 6.92 Å². The molecule has 2 rings (SSSR count). The van der Waals surface area contributed by atoms with Crippen LogP contribution in [0.5, 0.6) is 5.75 Å². The Morgan fingerprint density at radius 2 is 1.70 bits per heavy atom. The SMILES string of the molecule is COc1ccccc1CNC(=O)C(C)(C)C(=O)Nc1cccc(C(C)=O)c1. The van der Waals surface area contributed by atoms with Crippen LogP contribution >= 0.6 is 0 Å². The van der Waals surface area contributed by atoms with Gasteiger partial charge in [-0.15, -0.1) is 0 Å². The molecule has 0 saturated carbocycles. The summed E-state index contributed by atoms with van der Waals surface area (Å²) < 4.78 is 5.26. The maximum absolute atomic E-state index is 12.6. The summed E-state index contributed by atoms with van der Waals surface area (Å²) in [5, 5.41) is 5.48. The molecule has 0 aromatic heterocycles. The van der Waals surface area contributed by atoms with Crippen molar-refractivity contribution in [2.24, 2.45) is 5.41 Å². The third-order valence-corrected chi connectivity index (χ3v) is 4.29. The second-order valence-corrected chi connectivity index (χ2v) is 6.71. The number of anilines is 1. The molecule has 2 aromatic rings. The fourth-order valence-corrected chi connectivity index (χ4v) is 2.45. The van der Waals surface area contributed by atoms with Gasteiger partial charge in [0.05, 0.1) is 7.11 Å². The molecule has 0 fully saturated rings. The summed E-state index contributed by atoms with van der Waals surface area (Å²) in [7, 11) is 1.56. The van der Waals surface area contributed by atoms with Crippen molar-refractivity contribution in [1.82, 2.24) is 5.32 Å². The van der Waals surface area contributed by atoms with Crippen molar-refractivity contribution in [3.05, 3.63) is 59.7 Å². The van der Waals surface area contributed by atoms with Crippen LogP contribution in [-0.2, 0) is 16.1 Å². The molecule has 2 N–H and O–H groups in total. The molecular formula is C21H24N2O4. The van der Waals surface area contributed by atoms with Crippen molar-refractivity contribution in [2.75, 3.05) is 12.4 Å². The van der Waals surface area contributed by atoms with Gasteiger partial charge in [0.25, 0.3) is 0 Å². The average molecular weight is 368 g/mol. The van der Waals surface area contributed by atoms with Gasteiger partial charge in [0.1, 0.15) is 11.2 Å². The second kappa shape index (κ2) is 8.49. The first-order chi connectivity index (χ1) is 12.8. The number of Topliss-reactive ketones (excluding diaryl/α,β-unsaturated/α-hetero) is 1. The average Bonchev–Trinajstić information content (AvgIpc) is 2.66. The van der Waals surface area contributed by atoms with Crippen LogP contribution in [0.1, 0.15) is 36.7 Å². The molecular weight excluding hydrogens is 344 g/mol. The Morgan fingerprint density at radius 3 is 2.37 bits per heavy atom. The van der Waals surface area contributed by atoms with Gasteiger partial charge >= 0.3 is 0 Å². The number of carbonyl (C=O) groups is 3. The van der Waals surface area contributed by atoms with Crippen molar-refractivity contribution >= 4 is 23.3 Å². The van der Waals surface area contributed by atoms with E-state index in [-0.39, 0.29) is 12.3 Å². The summed E-state index contributed by atoms with van der Waals surface area (Å²) in [4.78, 5) is 36.7. The molecule has 0 aliphatic carbocycles. The summed E-state index contributed by atoms with van der Waals surface area (Å²) in [5.74, 6) is -0.296. The Balaban J connectivity index is 2.05. The van der Waals surface area contributed by atoms with Crippen LogP contribution in [-0.4, -0.2) is 24.7 Å². The predicted octanol–water partition coefficient (Wildman–Crippen LogP) is 3.18.